The fourth-order valence-electron chi connectivity index (χ4n) is 3.01. The molecule has 7 nitrogen and oxygen atoms in total. The highest BCUT2D eigenvalue weighted by molar-refractivity contribution is 5.97. The lowest BCUT2D eigenvalue weighted by Crippen LogP contribution is -2.24. The maximum atomic E-state index is 12.4. The molecule has 0 aliphatic carbocycles. The molecule has 0 saturated carbocycles. The number of hydrogen-bond donors (Lipinski definition) is 4. The Kier molecular flexibility index (Phi) is 7.97. The Morgan fingerprint density at radius 3 is 2.16 bits per heavy atom. The van der Waals surface area contributed by atoms with Crippen LogP contribution in [0.5, 0.6) is 0 Å². The molecule has 4 N–H and O–H groups in total. The van der Waals surface area contributed by atoms with E-state index in [1.165, 1.54) is 0 Å². The van der Waals surface area contributed by atoms with Gasteiger partial charge in [-0.15, -0.1) is 0 Å². The van der Waals surface area contributed by atoms with Crippen LogP contribution in [0.3, 0.4) is 0 Å². The molecular weight excluding hydrogens is 404 g/mol. The highest BCUT2D eigenvalue weighted by atomic mass is 16.2. The van der Waals surface area contributed by atoms with E-state index >= 15 is 0 Å². The third-order valence-electron chi connectivity index (χ3n) is 4.64. The largest absolute Gasteiger partial charge is 0.376 e. The number of amides is 3. The number of carbonyl (C=O) groups is 3. The molecule has 0 aromatic heterocycles. The molecule has 0 atom stereocenters. The highest BCUT2D eigenvalue weighted by Crippen LogP contribution is 2.12. The summed E-state index contributed by atoms with van der Waals surface area (Å²) in [4.78, 5) is 36.5. The minimum atomic E-state index is -0.241. The first-order valence-electron chi connectivity index (χ1n) is 10.4. The topological polar surface area (TPSA) is 99.3 Å². The summed E-state index contributed by atoms with van der Waals surface area (Å²) in [6, 6.07) is 23.3. The van der Waals surface area contributed by atoms with Crippen LogP contribution in [0, 0.1) is 0 Å². The first-order chi connectivity index (χ1) is 15.5. The van der Waals surface area contributed by atoms with Gasteiger partial charge in [0.2, 0.25) is 5.91 Å². The molecule has 3 amide bonds. The summed E-state index contributed by atoms with van der Waals surface area (Å²) in [5.41, 5.74) is 3.32. The molecule has 0 heterocycles. The van der Waals surface area contributed by atoms with Crippen LogP contribution in [0.2, 0.25) is 0 Å². The summed E-state index contributed by atoms with van der Waals surface area (Å²) in [6.45, 7) is 2.89. The van der Waals surface area contributed by atoms with Gasteiger partial charge < -0.3 is 21.3 Å². The fourth-order valence-corrected chi connectivity index (χ4v) is 3.01. The zero-order valence-electron chi connectivity index (χ0n) is 17.9. The van der Waals surface area contributed by atoms with E-state index in [2.05, 4.69) is 21.3 Å². The standard InChI is InChI=1S/C25H26N4O3/c1-2-26-24(31)19-11-13-21(14-12-19)29-23(30)17-27-22-10-6-9-20(15-22)25(32)28-16-18-7-4-3-5-8-18/h3-15,27H,2,16-17H2,1H3,(H,26,31)(H,28,32)(H,29,30). The van der Waals surface area contributed by atoms with Gasteiger partial charge >= 0.3 is 0 Å². The van der Waals surface area contributed by atoms with Crippen LogP contribution < -0.4 is 21.3 Å². The van der Waals surface area contributed by atoms with E-state index in [1.807, 2.05) is 37.3 Å². The lowest BCUT2D eigenvalue weighted by Gasteiger charge is -2.10. The van der Waals surface area contributed by atoms with E-state index in [1.54, 1.807) is 48.5 Å². The number of rotatable bonds is 9. The molecule has 164 valence electrons. The molecule has 3 aromatic rings. The highest BCUT2D eigenvalue weighted by Gasteiger charge is 2.08. The van der Waals surface area contributed by atoms with Crippen LogP contribution in [0.15, 0.2) is 78.9 Å². The van der Waals surface area contributed by atoms with Gasteiger partial charge in [0.25, 0.3) is 11.8 Å². The monoisotopic (exact) mass is 430 g/mol. The first kappa shape index (κ1) is 22.6. The molecule has 32 heavy (non-hydrogen) atoms. The van der Waals surface area contributed by atoms with E-state index in [9.17, 15) is 14.4 Å². The van der Waals surface area contributed by atoms with Gasteiger partial charge in [0.15, 0.2) is 0 Å². The third-order valence-corrected chi connectivity index (χ3v) is 4.64. The molecule has 0 unspecified atom stereocenters. The Bertz CT molecular complexity index is 1070. The van der Waals surface area contributed by atoms with Gasteiger partial charge in [-0.05, 0) is 55.0 Å². The summed E-state index contributed by atoms with van der Waals surface area (Å²) in [6.07, 6.45) is 0. The smallest absolute Gasteiger partial charge is 0.251 e. The second-order valence-corrected chi connectivity index (χ2v) is 7.09. The van der Waals surface area contributed by atoms with E-state index in [0.717, 1.165) is 5.56 Å². The quantitative estimate of drug-likeness (QED) is 0.418. The minimum absolute atomic E-state index is 0.0349. The Labute approximate surface area is 187 Å². The third kappa shape index (κ3) is 6.70. The molecule has 3 aromatic carbocycles. The summed E-state index contributed by atoms with van der Waals surface area (Å²) in [5, 5.41) is 11.4. The van der Waals surface area contributed by atoms with Crippen molar-refractivity contribution in [3.8, 4) is 0 Å². The lowest BCUT2D eigenvalue weighted by atomic mass is 10.1. The van der Waals surface area contributed by atoms with Crippen molar-refractivity contribution in [3.05, 3.63) is 95.6 Å². The minimum Gasteiger partial charge on any atom is -0.376 e. The van der Waals surface area contributed by atoms with E-state index in [0.29, 0.717) is 35.6 Å². The lowest BCUT2D eigenvalue weighted by molar-refractivity contribution is -0.114. The first-order valence-corrected chi connectivity index (χ1v) is 10.4. The molecule has 0 spiro atoms. The van der Waals surface area contributed by atoms with Gasteiger partial charge in [0, 0.05) is 35.6 Å². The maximum absolute atomic E-state index is 12.4. The van der Waals surface area contributed by atoms with Gasteiger partial charge in [-0.3, -0.25) is 14.4 Å². The molecule has 0 radical (unpaired) electrons. The number of carbonyl (C=O) groups excluding carboxylic acids is 3. The van der Waals surface area contributed by atoms with Crippen LogP contribution in [-0.4, -0.2) is 30.8 Å². The van der Waals surface area contributed by atoms with E-state index in [-0.39, 0.29) is 24.3 Å². The molecule has 0 bridgehead atoms. The fraction of sp³-hybridized carbons (Fsp3) is 0.160. The van der Waals surface area contributed by atoms with Crippen molar-refractivity contribution in [2.45, 2.75) is 13.5 Å². The summed E-state index contributed by atoms with van der Waals surface area (Å²) in [5.74, 6) is -0.580. The number of benzene rings is 3. The van der Waals surface area contributed by atoms with Gasteiger partial charge in [-0.25, -0.2) is 0 Å². The molecule has 0 saturated heterocycles. The molecular formula is C25H26N4O3. The molecule has 0 aliphatic heterocycles. The Morgan fingerprint density at radius 2 is 1.44 bits per heavy atom. The second-order valence-electron chi connectivity index (χ2n) is 7.09. The van der Waals surface area contributed by atoms with Crippen LogP contribution in [0.25, 0.3) is 0 Å². The van der Waals surface area contributed by atoms with Gasteiger partial charge in [0.1, 0.15) is 0 Å². The number of anilines is 2. The Balaban J connectivity index is 1.49. The average Bonchev–Trinajstić information content (AvgIpc) is 2.82. The van der Waals surface area contributed by atoms with Crippen LogP contribution in [-0.2, 0) is 11.3 Å². The Morgan fingerprint density at radius 1 is 0.719 bits per heavy atom. The van der Waals surface area contributed by atoms with Crippen molar-refractivity contribution in [1.82, 2.24) is 10.6 Å². The van der Waals surface area contributed by atoms with Gasteiger partial charge in [-0.2, -0.15) is 0 Å². The Hall–Kier alpha value is -4.13. The SMILES string of the molecule is CCNC(=O)c1ccc(NC(=O)CNc2cccc(C(=O)NCc3ccccc3)c2)cc1. The summed E-state index contributed by atoms with van der Waals surface area (Å²) >= 11 is 0. The maximum Gasteiger partial charge on any atom is 0.251 e. The average molecular weight is 431 g/mol. The van der Waals surface area contributed by atoms with E-state index < -0.39 is 0 Å². The summed E-state index contributed by atoms with van der Waals surface area (Å²) < 4.78 is 0. The van der Waals surface area contributed by atoms with Crippen LogP contribution in [0.4, 0.5) is 11.4 Å². The van der Waals surface area contributed by atoms with Crippen LogP contribution >= 0.6 is 0 Å². The van der Waals surface area contributed by atoms with Gasteiger partial charge in [0.05, 0.1) is 6.54 Å². The predicted molar refractivity (Wildman–Crippen MR) is 126 cm³/mol. The van der Waals surface area contributed by atoms with Gasteiger partial charge in [-0.1, -0.05) is 36.4 Å². The van der Waals surface area contributed by atoms with Crippen molar-refractivity contribution < 1.29 is 14.4 Å². The number of nitrogens with one attached hydrogen (secondary N) is 4. The van der Waals surface area contributed by atoms with Crippen molar-refractivity contribution in [2.24, 2.45) is 0 Å². The van der Waals surface area contributed by atoms with Crippen molar-refractivity contribution in [2.75, 3.05) is 23.7 Å². The second kappa shape index (κ2) is 11.3. The molecule has 7 heteroatoms. The normalized spacial score (nSPS) is 10.2. The summed E-state index contributed by atoms with van der Waals surface area (Å²) in [7, 11) is 0. The zero-order valence-corrected chi connectivity index (χ0v) is 17.9. The van der Waals surface area contributed by atoms with Crippen LogP contribution in [0.1, 0.15) is 33.2 Å². The molecule has 3 rings (SSSR count). The van der Waals surface area contributed by atoms with Crippen molar-refractivity contribution >= 4 is 29.1 Å². The number of hydrogen-bond acceptors (Lipinski definition) is 4. The molecule has 0 fully saturated rings. The molecule has 0 aliphatic rings. The van der Waals surface area contributed by atoms with Crippen molar-refractivity contribution in [1.29, 1.82) is 0 Å². The predicted octanol–water partition coefficient (Wildman–Crippen LogP) is 3.42. The van der Waals surface area contributed by atoms with Crippen molar-refractivity contribution in [3.63, 3.8) is 0 Å². The van der Waals surface area contributed by atoms with E-state index in [4.69, 9.17) is 0 Å². The zero-order chi connectivity index (χ0) is 22.8.